The largest absolute Gasteiger partial charge is 0.504 e. The summed E-state index contributed by atoms with van der Waals surface area (Å²) in [7, 11) is 1.83. The van der Waals surface area contributed by atoms with Gasteiger partial charge in [0.1, 0.15) is 11.7 Å². The van der Waals surface area contributed by atoms with Crippen LogP contribution in [0.5, 0.6) is 11.5 Å². The zero-order chi connectivity index (χ0) is 38.6. The molecule has 5 aliphatic carbocycles. The number of anilines is 1. The fourth-order valence-electron chi connectivity index (χ4n) is 11.5. The molecule has 9 nitrogen and oxygen atoms in total. The monoisotopic (exact) mass is 800 g/mol. The third-order valence-corrected chi connectivity index (χ3v) is 15.3. The van der Waals surface area contributed by atoms with Crippen LogP contribution in [0.4, 0.5) is 5.69 Å². The minimum Gasteiger partial charge on any atom is -0.504 e. The summed E-state index contributed by atoms with van der Waals surface area (Å²) in [5.41, 5.74) is 8.19. The first kappa shape index (κ1) is 37.5. The van der Waals surface area contributed by atoms with Crippen molar-refractivity contribution in [1.82, 2.24) is 4.90 Å². The Hall–Kier alpha value is -3.44. The van der Waals surface area contributed by atoms with Crippen LogP contribution in [0.3, 0.4) is 0 Å². The smallest absolute Gasteiger partial charge is 0.307 e. The molecule has 10 heteroatoms. The van der Waals surface area contributed by atoms with Crippen molar-refractivity contribution < 1.29 is 34.4 Å². The molecule has 2 heterocycles. The molecule has 4 saturated carbocycles. The second kappa shape index (κ2) is 12.8. The molecule has 3 aromatic carbocycles. The molecule has 2 spiro atoms. The number of likely N-dealkylation sites (tertiary alicyclic amines) is 1. The number of fused-ring (bicyclic) bond motifs is 2. The van der Waals surface area contributed by atoms with Gasteiger partial charge in [0.05, 0.1) is 12.0 Å². The fourth-order valence-corrected chi connectivity index (χ4v) is 11.7. The lowest BCUT2D eigenvalue weighted by Crippen LogP contribution is -2.83. The van der Waals surface area contributed by atoms with Crippen LogP contribution in [0.15, 0.2) is 59.1 Å². The van der Waals surface area contributed by atoms with Gasteiger partial charge in [-0.3, -0.25) is 14.5 Å². The number of nitrogens with zero attached hydrogens (tertiary/aromatic N) is 1. The highest BCUT2D eigenvalue weighted by Crippen LogP contribution is 2.78. The number of carbonyl (C=O) groups excluding carboxylic acids is 1. The summed E-state index contributed by atoms with van der Waals surface area (Å²) in [6, 6.07) is 16.2. The van der Waals surface area contributed by atoms with Crippen molar-refractivity contribution in [2.24, 2.45) is 22.7 Å². The lowest BCUT2D eigenvalue weighted by Gasteiger charge is -2.75. The van der Waals surface area contributed by atoms with Crippen LogP contribution < -0.4 is 10.5 Å². The fraction of sp³-hybridized carbons (Fsp3) is 0.545. The van der Waals surface area contributed by atoms with E-state index < -0.39 is 17.2 Å². The normalized spacial score (nSPS) is 31.4. The second-order valence-electron chi connectivity index (χ2n) is 18.1. The molecular formula is C44H53BrN2O7. The molecule has 7 aliphatic rings. The summed E-state index contributed by atoms with van der Waals surface area (Å²) < 4.78 is 14.3. The van der Waals surface area contributed by atoms with Crippen LogP contribution in [0.2, 0.25) is 0 Å². The molecule has 7 atom stereocenters. The van der Waals surface area contributed by atoms with Gasteiger partial charge in [0.25, 0.3) is 0 Å². The number of hydrogen-bond acceptors (Lipinski definition) is 8. The van der Waals surface area contributed by atoms with E-state index in [-0.39, 0.29) is 51.9 Å². The molecule has 2 aliphatic heterocycles. The van der Waals surface area contributed by atoms with Crippen molar-refractivity contribution in [2.45, 2.75) is 108 Å². The van der Waals surface area contributed by atoms with E-state index in [9.17, 15) is 19.8 Å². The summed E-state index contributed by atoms with van der Waals surface area (Å²) in [5.74, 6) is 0.601. The minimum absolute atomic E-state index is 0.0294. The first-order valence-electron chi connectivity index (χ1n) is 19.4. The van der Waals surface area contributed by atoms with E-state index in [4.69, 9.17) is 20.3 Å². The predicted molar refractivity (Wildman–Crippen MR) is 210 cm³/mol. The molecule has 5 N–H and O–H groups in total. The average molecular weight is 802 g/mol. The number of phenolic OH excluding ortho intramolecular Hbond substituents is 1. The van der Waals surface area contributed by atoms with Crippen LogP contribution in [0.1, 0.15) is 98.8 Å². The molecule has 1 saturated heterocycles. The maximum Gasteiger partial charge on any atom is 0.307 e. The Morgan fingerprint density at radius 3 is 2.41 bits per heavy atom. The molecule has 288 valence electrons. The molecule has 0 amide bonds. The van der Waals surface area contributed by atoms with Crippen molar-refractivity contribution in [3.8, 4) is 11.5 Å². The number of nitrogen functional groups attached to an aromatic ring is 1. The van der Waals surface area contributed by atoms with Gasteiger partial charge in [0.15, 0.2) is 17.3 Å². The Morgan fingerprint density at radius 1 is 1.04 bits per heavy atom. The van der Waals surface area contributed by atoms with Crippen LogP contribution in [-0.2, 0) is 27.8 Å². The van der Waals surface area contributed by atoms with Crippen LogP contribution in [-0.4, -0.2) is 75.5 Å². The number of benzene rings is 3. The Kier molecular flexibility index (Phi) is 8.88. The molecule has 4 bridgehead atoms. The quantitative estimate of drug-likeness (QED) is 0.136. The van der Waals surface area contributed by atoms with Gasteiger partial charge >= 0.3 is 5.97 Å². The molecule has 0 aromatic heterocycles. The summed E-state index contributed by atoms with van der Waals surface area (Å²) in [6.07, 6.45) is 7.43. The number of phenols is 1. The molecule has 54 heavy (non-hydrogen) atoms. The van der Waals surface area contributed by atoms with Gasteiger partial charge in [0, 0.05) is 63.3 Å². The zero-order valence-corrected chi connectivity index (χ0v) is 33.5. The third kappa shape index (κ3) is 5.33. The van der Waals surface area contributed by atoms with Crippen LogP contribution in [0.25, 0.3) is 0 Å². The first-order valence-corrected chi connectivity index (χ1v) is 20.2. The van der Waals surface area contributed by atoms with Gasteiger partial charge in [-0.15, -0.1) is 0 Å². The first-order chi connectivity index (χ1) is 25.5. The van der Waals surface area contributed by atoms with Gasteiger partial charge in [-0.2, -0.15) is 0 Å². The van der Waals surface area contributed by atoms with E-state index in [2.05, 4.69) is 47.7 Å². The van der Waals surface area contributed by atoms with Crippen molar-refractivity contribution in [3.63, 3.8) is 0 Å². The molecule has 3 aromatic rings. The topological polar surface area (TPSA) is 143 Å². The number of carbonyl (C=O) groups is 2. The molecule has 0 unspecified atom stereocenters. The zero-order valence-electron chi connectivity index (χ0n) is 32.0. The number of aliphatic carboxylic acids is 1. The Morgan fingerprint density at radius 2 is 1.76 bits per heavy atom. The van der Waals surface area contributed by atoms with E-state index in [1.54, 1.807) is 42.5 Å². The average Bonchev–Trinajstić information content (AvgIpc) is 3.87. The number of methoxy groups -OCH3 is 1. The number of halogens is 1. The minimum atomic E-state index is -0.982. The highest BCUT2D eigenvalue weighted by Gasteiger charge is 2.82. The number of hydrogen-bond donors (Lipinski definition) is 4. The number of para-hydroxylation sites is 1. The van der Waals surface area contributed by atoms with Gasteiger partial charge in [-0.05, 0) is 117 Å². The summed E-state index contributed by atoms with van der Waals surface area (Å²) in [6.45, 7) is 10.8. The highest BCUT2D eigenvalue weighted by molar-refractivity contribution is 9.10. The number of ketones is 1. The summed E-state index contributed by atoms with van der Waals surface area (Å²) >= 11 is 3.30. The van der Waals surface area contributed by atoms with E-state index in [1.165, 1.54) is 30.5 Å². The number of carboxylic acid groups (broad SMARTS) is 1. The Balaban J connectivity index is 0.000000177. The molecule has 0 radical (unpaired) electrons. The highest BCUT2D eigenvalue weighted by atomic mass is 79.9. The van der Waals surface area contributed by atoms with Crippen LogP contribution >= 0.6 is 15.9 Å². The second-order valence-corrected chi connectivity index (χ2v) is 19.0. The van der Waals surface area contributed by atoms with Crippen molar-refractivity contribution in [3.05, 3.63) is 86.9 Å². The Labute approximate surface area is 326 Å². The van der Waals surface area contributed by atoms with Crippen molar-refractivity contribution >= 4 is 33.4 Å². The number of rotatable bonds is 8. The van der Waals surface area contributed by atoms with E-state index in [0.717, 1.165) is 49.0 Å². The Bertz CT molecular complexity index is 2000. The number of aliphatic hydroxyl groups is 1. The maximum absolute atomic E-state index is 12.4. The third-order valence-electron chi connectivity index (χ3n) is 14.7. The molecule has 10 rings (SSSR count). The summed E-state index contributed by atoms with van der Waals surface area (Å²) in [4.78, 5) is 26.0. The number of ether oxygens (including phenoxy) is 2. The lowest BCUT2D eigenvalue weighted by atomic mass is 9.33. The number of aromatic hydroxyl groups is 1. The molecule has 5 fully saturated rings. The number of carboxylic acids is 1. The van der Waals surface area contributed by atoms with Gasteiger partial charge in [-0.25, -0.2) is 0 Å². The standard InChI is InChI=1S/C29H41NO4.C15H12BrNO3/c1-25(2,3)26(4,32)20-15-27-10-11-29(20,33-5)24-28(27)12-13-30(16-17-6-7-17)21(27)14-18-8-9-19(31)23(34-24)22(18)28;16-11-6-4-9(5-7-11)15(20)12-3-1-2-10(14(12)17)8-13(18)19/h8-9,17,20-21,24,31-32H,6-7,10-16H2,1-5H3;1-7H,8,17H2,(H,18,19)/t20-,21-,24-,26+,27-,28+,29-;/m1./s1. The number of nitrogens with two attached hydrogens (primary N) is 1. The molecular weight excluding hydrogens is 748 g/mol. The van der Waals surface area contributed by atoms with Gasteiger partial charge in [-0.1, -0.05) is 54.9 Å². The lowest BCUT2D eigenvalue weighted by molar-refractivity contribution is -0.312. The van der Waals surface area contributed by atoms with E-state index in [0.29, 0.717) is 28.5 Å². The maximum atomic E-state index is 12.4. The van der Waals surface area contributed by atoms with Gasteiger partial charge < -0.3 is 30.5 Å². The predicted octanol–water partition coefficient (Wildman–Crippen LogP) is 7.30. The summed E-state index contributed by atoms with van der Waals surface area (Å²) in [5, 5.41) is 32.0. The number of piperidine rings is 1. The van der Waals surface area contributed by atoms with Crippen molar-refractivity contribution in [1.29, 1.82) is 0 Å². The SMILES string of the molecule is CO[C@]12CC[C@@]3(C[C@@H]1[C@](C)(O)C(C)(C)C)[C@H]1Cc4ccc(O)c5c4[C@@]3(CCN1CC1CC1)[C@H]2O5.Nc1c(CC(=O)O)cccc1C(=O)c1ccc(Br)cc1. The van der Waals surface area contributed by atoms with E-state index >= 15 is 0 Å². The van der Waals surface area contributed by atoms with Crippen LogP contribution in [0, 0.1) is 22.7 Å². The van der Waals surface area contributed by atoms with Gasteiger partial charge in [0.2, 0.25) is 0 Å². The van der Waals surface area contributed by atoms with E-state index in [1.807, 2.05) is 20.1 Å². The van der Waals surface area contributed by atoms with Crippen molar-refractivity contribution in [2.75, 3.05) is 25.9 Å².